The van der Waals surface area contributed by atoms with Crippen LogP contribution in [0.1, 0.15) is 18.9 Å². The molecule has 9 nitrogen and oxygen atoms in total. The topological polar surface area (TPSA) is 126 Å². The first-order valence-corrected chi connectivity index (χ1v) is 10.2. The zero-order valence-electron chi connectivity index (χ0n) is 18.1. The van der Waals surface area contributed by atoms with E-state index in [-0.39, 0.29) is 11.5 Å². The molecule has 1 aliphatic rings. The maximum atomic E-state index is 12.6. The van der Waals surface area contributed by atoms with Gasteiger partial charge in [-0.05, 0) is 36.3 Å². The van der Waals surface area contributed by atoms with Crippen molar-refractivity contribution in [2.45, 2.75) is 13.3 Å². The molecular formula is C24H22N4O5. The van der Waals surface area contributed by atoms with E-state index in [0.717, 1.165) is 20.7 Å². The fraction of sp³-hybridized carbons (Fsp3) is 0.167. The van der Waals surface area contributed by atoms with Crippen LogP contribution in [0.15, 0.2) is 68.8 Å². The number of methoxy groups -OCH3 is 1. The Morgan fingerprint density at radius 3 is 2.76 bits per heavy atom. The maximum Gasteiger partial charge on any atom is 0.335 e. The van der Waals surface area contributed by atoms with E-state index in [1.165, 1.54) is 20.1 Å². The van der Waals surface area contributed by atoms with Crippen LogP contribution in [0.25, 0.3) is 17.3 Å². The van der Waals surface area contributed by atoms with Crippen LogP contribution < -0.4 is 31.9 Å². The number of para-hydroxylation sites is 1. The molecule has 0 saturated carbocycles. The second-order valence-corrected chi connectivity index (χ2v) is 7.40. The van der Waals surface area contributed by atoms with Crippen molar-refractivity contribution in [3.8, 4) is 17.3 Å². The molecule has 2 heterocycles. The molecule has 1 aliphatic heterocycles. The van der Waals surface area contributed by atoms with Crippen molar-refractivity contribution < 1.29 is 14.6 Å². The van der Waals surface area contributed by atoms with E-state index in [1.54, 1.807) is 24.3 Å². The molecule has 0 unspecified atom stereocenters. The van der Waals surface area contributed by atoms with E-state index in [4.69, 9.17) is 4.74 Å². The van der Waals surface area contributed by atoms with Crippen molar-refractivity contribution in [3.63, 3.8) is 0 Å². The number of allylic oxidation sites excluding steroid dienone is 1. The molecule has 3 aromatic rings. The SMILES string of the molecule is COc1cccc(-n2c(O)c(C=C3N=c4ccccc4=C3CCNC(C)=O)c(=O)[nH]c2=O)c1. The second-order valence-electron chi connectivity index (χ2n) is 7.40. The van der Waals surface area contributed by atoms with Crippen molar-refractivity contribution in [3.05, 3.63) is 91.2 Å². The van der Waals surface area contributed by atoms with Gasteiger partial charge in [0.25, 0.3) is 5.56 Å². The summed E-state index contributed by atoms with van der Waals surface area (Å²) in [6.45, 7) is 1.82. The quantitative estimate of drug-likeness (QED) is 0.511. The predicted molar refractivity (Wildman–Crippen MR) is 123 cm³/mol. The Hall–Kier alpha value is -4.40. The van der Waals surface area contributed by atoms with Gasteiger partial charge >= 0.3 is 5.69 Å². The molecule has 0 bridgehead atoms. The van der Waals surface area contributed by atoms with Gasteiger partial charge in [0.1, 0.15) is 11.3 Å². The number of benzene rings is 2. The highest BCUT2D eigenvalue weighted by Gasteiger charge is 2.18. The third-order valence-corrected chi connectivity index (χ3v) is 5.24. The van der Waals surface area contributed by atoms with Crippen LogP contribution in [0.3, 0.4) is 0 Å². The van der Waals surface area contributed by atoms with Gasteiger partial charge in [0.05, 0.1) is 23.9 Å². The number of nitrogens with one attached hydrogen (secondary N) is 2. The summed E-state index contributed by atoms with van der Waals surface area (Å²) >= 11 is 0. The van der Waals surface area contributed by atoms with Gasteiger partial charge in [0.2, 0.25) is 11.8 Å². The summed E-state index contributed by atoms with van der Waals surface area (Å²) < 4.78 is 6.19. The minimum absolute atomic E-state index is 0.110. The zero-order chi connectivity index (χ0) is 23.5. The molecule has 1 aromatic heterocycles. The van der Waals surface area contributed by atoms with Crippen LogP contribution in [0.2, 0.25) is 0 Å². The summed E-state index contributed by atoms with van der Waals surface area (Å²) in [7, 11) is 1.49. The van der Waals surface area contributed by atoms with Gasteiger partial charge < -0.3 is 15.2 Å². The molecule has 1 amide bonds. The van der Waals surface area contributed by atoms with Crippen molar-refractivity contribution in [2.24, 2.45) is 4.99 Å². The third-order valence-electron chi connectivity index (χ3n) is 5.24. The first kappa shape index (κ1) is 21.8. The maximum absolute atomic E-state index is 12.6. The highest BCUT2D eigenvalue weighted by Crippen LogP contribution is 2.25. The Morgan fingerprint density at radius 1 is 1.21 bits per heavy atom. The third kappa shape index (κ3) is 4.33. The molecule has 0 spiro atoms. The number of ether oxygens (including phenoxy) is 1. The number of H-pyrrole nitrogens is 1. The summed E-state index contributed by atoms with van der Waals surface area (Å²) in [5.41, 5.74) is -0.0170. The smallest absolute Gasteiger partial charge is 0.335 e. The minimum atomic E-state index is -0.783. The lowest BCUT2D eigenvalue weighted by Crippen LogP contribution is -2.30. The Balaban J connectivity index is 1.86. The summed E-state index contributed by atoms with van der Waals surface area (Å²) in [6.07, 6.45) is 1.92. The van der Waals surface area contributed by atoms with Crippen molar-refractivity contribution >= 4 is 17.6 Å². The monoisotopic (exact) mass is 446 g/mol. The molecule has 3 N–H and O–H groups in total. The number of rotatable bonds is 6. The average molecular weight is 446 g/mol. The number of hydrogen-bond donors (Lipinski definition) is 3. The van der Waals surface area contributed by atoms with Crippen LogP contribution in [0.4, 0.5) is 0 Å². The lowest BCUT2D eigenvalue weighted by molar-refractivity contribution is -0.118. The van der Waals surface area contributed by atoms with Gasteiger partial charge in [-0.3, -0.25) is 14.6 Å². The minimum Gasteiger partial charge on any atom is -0.497 e. The van der Waals surface area contributed by atoms with Gasteiger partial charge in [-0.1, -0.05) is 24.3 Å². The number of fused-ring (bicyclic) bond motifs is 1. The molecule has 168 valence electrons. The highest BCUT2D eigenvalue weighted by atomic mass is 16.5. The molecule has 33 heavy (non-hydrogen) atoms. The number of nitrogens with zero attached hydrogens (tertiary/aromatic N) is 2. The molecule has 0 fully saturated rings. The summed E-state index contributed by atoms with van der Waals surface area (Å²) in [5, 5.41) is 15.3. The number of amides is 1. The highest BCUT2D eigenvalue weighted by molar-refractivity contribution is 5.77. The van der Waals surface area contributed by atoms with Crippen LogP contribution in [0.5, 0.6) is 11.6 Å². The molecule has 0 aliphatic carbocycles. The molecule has 2 aromatic carbocycles. The van der Waals surface area contributed by atoms with E-state index in [9.17, 15) is 19.5 Å². The largest absolute Gasteiger partial charge is 0.497 e. The van der Waals surface area contributed by atoms with Crippen LogP contribution in [-0.4, -0.2) is 34.2 Å². The van der Waals surface area contributed by atoms with E-state index >= 15 is 0 Å². The number of aromatic hydroxyl groups is 1. The Bertz CT molecular complexity index is 1510. The van der Waals surface area contributed by atoms with E-state index < -0.39 is 17.1 Å². The van der Waals surface area contributed by atoms with Crippen molar-refractivity contribution in [1.82, 2.24) is 14.9 Å². The van der Waals surface area contributed by atoms with E-state index in [1.807, 2.05) is 24.3 Å². The van der Waals surface area contributed by atoms with Gasteiger partial charge in [0, 0.05) is 24.8 Å². The number of carbonyl (C=O) groups is 1. The standard InChI is InChI=1S/C24H22N4O5/c1-14(29)25-11-10-18-17-8-3-4-9-20(17)26-21(18)13-19-22(30)27-24(32)28(23(19)31)15-6-5-7-16(12-15)33-2/h3-9,12-13,31H,10-11H2,1-2H3,(H,25,29)(H,27,30,32). The zero-order valence-corrected chi connectivity index (χ0v) is 18.1. The van der Waals surface area contributed by atoms with Crippen molar-refractivity contribution in [2.75, 3.05) is 13.7 Å². The van der Waals surface area contributed by atoms with Crippen LogP contribution in [0, 0.1) is 0 Å². The van der Waals surface area contributed by atoms with E-state index in [2.05, 4.69) is 15.3 Å². The van der Waals surface area contributed by atoms with Gasteiger partial charge in [0.15, 0.2) is 0 Å². The molecule has 9 heteroatoms. The number of aromatic nitrogens is 2. The Labute approximate surface area is 188 Å². The van der Waals surface area contributed by atoms with Crippen molar-refractivity contribution in [1.29, 1.82) is 0 Å². The Kier molecular flexibility index (Phi) is 5.95. The second kappa shape index (κ2) is 8.99. The average Bonchev–Trinajstić information content (AvgIpc) is 3.13. The van der Waals surface area contributed by atoms with Gasteiger partial charge in [-0.2, -0.15) is 0 Å². The van der Waals surface area contributed by atoms with Crippen LogP contribution in [-0.2, 0) is 4.79 Å². The number of aromatic amines is 1. The fourth-order valence-electron chi connectivity index (χ4n) is 3.70. The number of hydrogen-bond acceptors (Lipinski definition) is 6. The lowest BCUT2D eigenvalue weighted by atomic mass is 10.1. The normalized spacial score (nSPS) is 13.5. The summed E-state index contributed by atoms with van der Waals surface area (Å²) in [6, 6.07) is 14.0. The molecule has 0 atom stereocenters. The molecular weight excluding hydrogens is 424 g/mol. The Morgan fingerprint density at radius 2 is 2.00 bits per heavy atom. The summed E-state index contributed by atoms with van der Waals surface area (Å²) in [5.74, 6) is -0.180. The molecule has 0 radical (unpaired) electrons. The van der Waals surface area contributed by atoms with Gasteiger partial charge in [-0.15, -0.1) is 0 Å². The first-order valence-electron chi connectivity index (χ1n) is 10.2. The van der Waals surface area contributed by atoms with Gasteiger partial charge in [-0.25, -0.2) is 14.4 Å². The number of carbonyl (C=O) groups excluding carboxylic acids is 1. The molecule has 0 saturated heterocycles. The molecule has 4 rings (SSSR count). The predicted octanol–water partition coefficient (Wildman–Crippen LogP) is 0.591. The summed E-state index contributed by atoms with van der Waals surface area (Å²) in [4.78, 5) is 43.3. The van der Waals surface area contributed by atoms with E-state index in [0.29, 0.717) is 30.1 Å². The van der Waals surface area contributed by atoms with Crippen LogP contribution >= 0.6 is 0 Å². The first-order chi connectivity index (χ1) is 15.9. The fourth-order valence-corrected chi connectivity index (χ4v) is 3.70. The lowest BCUT2D eigenvalue weighted by Gasteiger charge is -2.11.